The van der Waals surface area contributed by atoms with Crippen molar-refractivity contribution in [3.63, 3.8) is 0 Å². The van der Waals surface area contributed by atoms with Crippen LogP contribution in [0.3, 0.4) is 0 Å². The number of nitrogens with zero attached hydrogens (tertiary/aromatic N) is 2. The van der Waals surface area contributed by atoms with Gasteiger partial charge in [-0.1, -0.05) is 36.4 Å². The van der Waals surface area contributed by atoms with Crippen LogP contribution in [0, 0.1) is 0 Å². The van der Waals surface area contributed by atoms with E-state index >= 15 is 0 Å². The zero-order valence-corrected chi connectivity index (χ0v) is 19.4. The van der Waals surface area contributed by atoms with E-state index in [-0.39, 0.29) is 6.04 Å². The maximum atomic E-state index is 6.35. The lowest BCUT2D eigenvalue weighted by molar-refractivity contribution is 0.287. The van der Waals surface area contributed by atoms with Crippen molar-refractivity contribution in [1.29, 1.82) is 0 Å². The van der Waals surface area contributed by atoms with E-state index < -0.39 is 0 Å². The van der Waals surface area contributed by atoms with Crippen LogP contribution in [0.5, 0.6) is 5.75 Å². The number of nitrogens with two attached hydrogens (primary N) is 1. The molecule has 178 valence electrons. The molecule has 0 aliphatic rings. The molecule has 0 bridgehead atoms. The number of furan rings is 2. The van der Waals surface area contributed by atoms with Crippen LogP contribution in [-0.2, 0) is 6.42 Å². The molecule has 0 fully saturated rings. The summed E-state index contributed by atoms with van der Waals surface area (Å²) in [4.78, 5) is 4.73. The predicted octanol–water partition coefficient (Wildman–Crippen LogP) is 6.09. The molecule has 0 aliphatic heterocycles. The Labute approximate surface area is 207 Å². The van der Waals surface area contributed by atoms with E-state index in [2.05, 4.69) is 28.4 Å². The van der Waals surface area contributed by atoms with Gasteiger partial charge in [0.15, 0.2) is 5.76 Å². The first-order chi connectivity index (χ1) is 17.7. The highest BCUT2D eigenvalue weighted by atomic mass is 16.5. The van der Waals surface area contributed by atoms with Gasteiger partial charge in [-0.15, -0.1) is 0 Å². The Morgan fingerprint density at radius 1 is 0.917 bits per heavy atom. The van der Waals surface area contributed by atoms with Crippen molar-refractivity contribution < 1.29 is 13.6 Å². The smallest absolute Gasteiger partial charge is 0.154 e. The van der Waals surface area contributed by atoms with E-state index in [1.165, 1.54) is 5.56 Å². The first-order valence-corrected chi connectivity index (χ1v) is 11.7. The second-order valence-corrected chi connectivity index (χ2v) is 8.65. The number of aromatic nitrogens is 3. The third-order valence-corrected chi connectivity index (χ3v) is 6.09. The Kier molecular flexibility index (Phi) is 5.81. The Balaban J connectivity index is 1.33. The van der Waals surface area contributed by atoms with Crippen LogP contribution >= 0.6 is 0 Å². The summed E-state index contributed by atoms with van der Waals surface area (Å²) in [5, 5.41) is 8.50. The van der Waals surface area contributed by atoms with Crippen LogP contribution in [0.15, 0.2) is 107 Å². The second kappa shape index (κ2) is 9.56. The zero-order chi connectivity index (χ0) is 24.3. The molecule has 7 heteroatoms. The molecular formula is C29H24N4O3. The van der Waals surface area contributed by atoms with Gasteiger partial charge in [0, 0.05) is 22.6 Å². The topological polar surface area (TPSA) is 103 Å². The third kappa shape index (κ3) is 4.39. The van der Waals surface area contributed by atoms with Gasteiger partial charge in [0.2, 0.25) is 0 Å². The number of nitrogens with one attached hydrogen (secondary N) is 1. The fourth-order valence-electron chi connectivity index (χ4n) is 4.34. The van der Waals surface area contributed by atoms with Gasteiger partial charge < -0.3 is 19.3 Å². The van der Waals surface area contributed by atoms with E-state index in [9.17, 15) is 0 Å². The Bertz CT molecular complexity index is 1570. The molecule has 7 nitrogen and oxygen atoms in total. The average Bonchev–Trinajstić information content (AvgIpc) is 3.69. The summed E-state index contributed by atoms with van der Waals surface area (Å²) in [6.45, 7) is 0.379. The molecule has 4 heterocycles. The van der Waals surface area contributed by atoms with Crippen molar-refractivity contribution in [2.45, 2.75) is 12.5 Å². The van der Waals surface area contributed by atoms with E-state index in [1.807, 2.05) is 54.6 Å². The monoisotopic (exact) mass is 476 g/mol. The van der Waals surface area contributed by atoms with E-state index in [1.54, 1.807) is 25.0 Å². The molecule has 6 aromatic rings. The van der Waals surface area contributed by atoms with Crippen molar-refractivity contribution in [2.24, 2.45) is 5.73 Å². The minimum absolute atomic E-state index is 0.137. The van der Waals surface area contributed by atoms with E-state index in [0.29, 0.717) is 18.1 Å². The fourth-order valence-corrected chi connectivity index (χ4v) is 4.34. The first kappa shape index (κ1) is 21.9. The van der Waals surface area contributed by atoms with Gasteiger partial charge in [-0.3, -0.25) is 10.1 Å². The molecule has 0 amide bonds. The van der Waals surface area contributed by atoms with Crippen LogP contribution in [-0.4, -0.2) is 27.8 Å². The molecular weight excluding hydrogens is 452 g/mol. The summed E-state index contributed by atoms with van der Waals surface area (Å²) >= 11 is 0. The highest BCUT2D eigenvalue weighted by Gasteiger charge is 2.16. The summed E-state index contributed by atoms with van der Waals surface area (Å²) < 4.78 is 17.0. The number of hydrogen-bond donors (Lipinski definition) is 2. The first-order valence-electron chi connectivity index (χ1n) is 11.7. The molecule has 0 saturated heterocycles. The molecule has 3 N–H and O–H groups in total. The van der Waals surface area contributed by atoms with Crippen LogP contribution in [0.1, 0.15) is 5.56 Å². The van der Waals surface area contributed by atoms with Gasteiger partial charge in [-0.05, 0) is 53.9 Å². The van der Waals surface area contributed by atoms with Crippen LogP contribution in [0.4, 0.5) is 0 Å². The van der Waals surface area contributed by atoms with Crippen molar-refractivity contribution in [1.82, 2.24) is 15.2 Å². The molecule has 0 saturated carbocycles. The Morgan fingerprint density at radius 3 is 2.64 bits per heavy atom. The third-order valence-electron chi connectivity index (χ3n) is 6.09. The molecule has 2 aromatic carbocycles. The second-order valence-electron chi connectivity index (χ2n) is 8.65. The number of hydrogen-bond acceptors (Lipinski definition) is 6. The summed E-state index contributed by atoms with van der Waals surface area (Å²) in [6.07, 6.45) is 7.44. The number of ether oxygens (including phenoxy) is 1. The molecule has 1 atom stereocenters. The number of benzene rings is 2. The van der Waals surface area contributed by atoms with E-state index in [0.717, 1.165) is 45.4 Å². The maximum Gasteiger partial charge on any atom is 0.154 e. The van der Waals surface area contributed by atoms with Gasteiger partial charge >= 0.3 is 0 Å². The highest BCUT2D eigenvalue weighted by Crippen LogP contribution is 2.36. The summed E-state index contributed by atoms with van der Waals surface area (Å²) in [5.74, 6) is 1.36. The number of aromatic amines is 1. The van der Waals surface area contributed by atoms with E-state index in [4.69, 9.17) is 24.3 Å². The SMILES string of the molecule is N[C@H](COc1cnc(-c2ccoc2)c(-c2ccc3[nH]nc(-c4ccco4)c3c2)c1)Cc1ccccc1. The standard InChI is InChI=1S/C29H24N4O3/c30-22(13-19-5-2-1-3-6-19)18-36-23-15-24(28(31-16-23)21-10-12-34-17-21)20-8-9-26-25(14-20)29(33-32-26)27-7-4-11-35-27/h1-12,14-17,22H,13,18,30H2,(H,32,33)/t22-/m0/s1. The van der Waals surface area contributed by atoms with Crippen molar-refractivity contribution >= 4 is 10.9 Å². The average molecular weight is 477 g/mol. The summed E-state index contributed by atoms with van der Waals surface area (Å²) in [7, 11) is 0. The van der Waals surface area contributed by atoms with Crippen LogP contribution < -0.4 is 10.5 Å². The lowest BCUT2D eigenvalue weighted by atomic mass is 9.98. The van der Waals surface area contributed by atoms with Gasteiger partial charge in [0.25, 0.3) is 0 Å². The minimum atomic E-state index is -0.137. The van der Waals surface area contributed by atoms with Gasteiger partial charge in [-0.25, -0.2) is 0 Å². The Morgan fingerprint density at radius 2 is 1.83 bits per heavy atom. The predicted molar refractivity (Wildman–Crippen MR) is 138 cm³/mol. The maximum absolute atomic E-state index is 6.35. The molecule has 0 aliphatic carbocycles. The minimum Gasteiger partial charge on any atom is -0.490 e. The fraction of sp³-hybridized carbons (Fsp3) is 0.103. The number of rotatable bonds is 8. The quantitative estimate of drug-likeness (QED) is 0.275. The molecule has 0 radical (unpaired) electrons. The number of H-pyrrole nitrogens is 1. The number of pyridine rings is 1. The van der Waals surface area contributed by atoms with Crippen molar-refractivity contribution in [3.05, 3.63) is 103 Å². The normalized spacial score (nSPS) is 12.1. The highest BCUT2D eigenvalue weighted by molar-refractivity contribution is 5.96. The molecule has 6 rings (SSSR count). The van der Waals surface area contributed by atoms with Crippen LogP contribution in [0.25, 0.3) is 44.7 Å². The van der Waals surface area contributed by atoms with Gasteiger partial charge in [-0.2, -0.15) is 5.10 Å². The van der Waals surface area contributed by atoms with Gasteiger partial charge in [0.05, 0.1) is 36.2 Å². The lowest BCUT2D eigenvalue weighted by Gasteiger charge is -2.15. The lowest BCUT2D eigenvalue weighted by Crippen LogP contribution is -2.30. The van der Waals surface area contributed by atoms with Gasteiger partial charge in [0.1, 0.15) is 18.1 Å². The zero-order valence-electron chi connectivity index (χ0n) is 19.4. The van der Waals surface area contributed by atoms with Crippen molar-refractivity contribution in [2.75, 3.05) is 6.61 Å². The largest absolute Gasteiger partial charge is 0.490 e. The molecule has 4 aromatic heterocycles. The van der Waals surface area contributed by atoms with Crippen molar-refractivity contribution in [3.8, 4) is 39.6 Å². The Hall–Kier alpha value is -4.62. The summed E-state index contributed by atoms with van der Waals surface area (Å²) in [5.41, 5.74) is 12.8. The molecule has 36 heavy (non-hydrogen) atoms. The molecule has 0 unspecified atom stereocenters. The van der Waals surface area contributed by atoms with Crippen LogP contribution in [0.2, 0.25) is 0 Å². The number of fused-ring (bicyclic) bond motifs is 1. The molecule has 0 spiro atoms. The summed E-state index contributed by atoms with van der Waals surface area (Å²) in [6, 6.07) is 23.8.